The zero-order valence-electron chi connectivity index (χ0n) is 15.5. The maximum absolute atomic E-state index is 13.2. The van der Waals surface area contributed by atoms with Gasteiger partial charge in [0.15, 0.2) is 0 Å². The van der Waals surface area contributed by atoms with Gasteiger partial charge in [-0.15, -0.1) is 0 Å². The van der Waals surface area contributed by atoms with Gasteiger partial charge in [-0.2, -0.15) is 0 Å². The Morgan fingerprint density at radius 1 is 0.931 bits per heavy atom. The number of carbonyl (C=O) groups excluding carboxylic acids is 1. The summed E-state index contributed by atoms with van der Waals surface area (Å²) in [6, 6.07) is 20.3. The Labute approximate surface area is 175 Å². The fourth-order valence-corrected chi connectivity index (χ4v) is 5.06. The number of halogens is 1. The number of rotatable bonds is 4. The molecule has 3 aromatic rings. The quantitative estimate of drug-likeness (QED) is 0.655. The van der Waals surface area contributed by atoms with Crippen LogP contribution in [0.3, 0.4) is 0 Å². The van der Waals surface area contributed by atoms with Gasteiger partial charge >= 0.3 is 0 Å². The number of nitrogens with one attached hydrogen (secondary N) is 1. The second kappa shape index (κ2) is 7.89. The number of hydrogen-bond acceptors (Lipinski definition) is 3. The molecule has 148 valence electrons. The highest BCUT2D eigenvalue weighted by Gasteiger charge is 2.28. The van der Waals surface area contributed by atoms with Crippen LogP contribution >= 0.6 is 11.6 Å². The third-order valence-electron chi connectivity index (χ3n) is 4.87. The van der Waals surface area contributed by atoms with E-state index in [1.807, 2.05) is 24.3 Å². The van der Waals surface area contributed by atoms with E-state index in [1.54, 1.807) is 24.3 Å². The second-order valence-electron chi connectivity index (χ2n) is 6.79. The topological polar surface area (TPSA) is 66.5 Å². The van der Waals surface area contributed by atoms with Crippen molar-refractivity contribution < 1.29 is 13.2 Å². The van der Waals surface area contributed by atoms with Gasteiger partial charge in [0, 0.05) is 22.8 Å². The summed E-state index contributed by atoms with van der Waals surface area (Å²) in [5.74, 6) is -0.320. The zero-order valence-corrected chi connectivity index (χ0v) is 17.1. The van der Waals surface area contributed by atoms with Gasteiger partial charge in [-0.3, -0.25) is 9.10 Å². The van der Waals surface area contributed by atoms with Crippen LogP contribution in [0.25, 0.3) is 0 Å². The zero-order chi connectivity index (χ0) is 20.4. The lowest BCUT2D eigenvalue weighted by Crippen LogP contribution is -2.35. The van der Waals surface area contributed by atoms with Crippen LogP contribution < -0.4 is 9.62 Å². The first-order valence-electron chi connectivity index (χ1n) is 9.23. The molecular weight excluding hydrogens is 408 g/mol. The average Bonchev–Trinajstić information content (AvgIpc) is 2.75. The summed E-state index contributed by atoms with van der Waals surface area (Å²) in [6.07, 6.45) is 1.64. The van der Waals surface area contributed by atoms with Crippen LogP contribution in [0.2, 0.25) is 5.02 Å². The van der Waals surface area contributed by atoms with Gasteiger partial charge in [-0.05, 0) is 73.0 Å². The third kappa shape index (κ3) is 3.99. The van der Waals surface area contributed by atoms with E-state index in [9.17, 15) is 13.2 Å². The molecule has 1 aliphatic heterocycles. The molecule has 0 fully saturated rings. The molecule has 0 saturated heterocycles. The van der Waals surface area contributed by atoms with Gasteiger partial charge in [0.2, 0.25) is 0 Å². The van der Waals surface area contributed by atoms with Crippen LogP contribution in [0, 0.1) is 0 Å². The molecule has 1 amide bonds. The van der Waals surface area contributed by atoms with E-state index in [4.69, 9.17) is 11.6 Å². The molecule has 3 aromatic carbocycles. The van der Waals surface area contributed by atoms with Gasteiger partial charge in [0.25, 0.3) is 15.9 Å². The maximum atomic E-state index is 13.2. The average molecular weight is 427 g/mol. The lowest BCUT2D eigenvalue weighted by Gasteiger charge is -2.30. The van der Waals surface area contributed by atoms with E-state index in [0.29, 0.717) is 22.8 Å². The van der Waals surface area contributed by atoms with E-state index in [1.165, 1.54) is 28.6 Å². The molecule has 0 bridgehead atoms. The molecule has 0 aromatic heterocycles. The number of amides is 1. The van der Waals surface area contributed by atoms with Crippen LogP contribution in [-0.4, -0.2) is 20.9 Å². The number of anilines is 2. The van der Waals surface area contributed by atoms with Crippen molar-refractivity contribution in [1.82, 2.24) is 0 Å². The number of aryl methyl sites for hydroxylation is 1. The van der Waals surface area contributed by atoms with Crippen molar-refractivity contribution in [2.24, 2.45) is 0 Å². The summed E-state index contributed by atoms with van der Waals surface area (Å²) in [5, 5.41) is 3.34. The van der Waals surface area contributed by atoms with E-state index in [0.717, 1.165) is 24.1 Å². The first-order valence-corrected chi connectivity index (χ1v) is 11.0. The van der Waals surface area contributed by atoms with Crippen molar-refractivity contribution in [2.45, 2.75) is 17.7 Å². The first kappa shape index (κ1) is 19.5. The number of nitrogens with zero attached hydrogens (tertiary/aromatic N) is 1. The van der Waals surface area contributed by atoms with Crippen molar-refractivity contribution in [1.29, 1.82) is 0 Å². The molecule has 0 saturated carbocycles. The molecular formula is C22H19ClN2O3S. The van der Waals surface area contributed by atoms with Gasteiger partial charge < -0.3 is 5.32 Å². The number of sulfonamides is 1. The van der Waals surface area contributed by atoms with E-state index in [2.05, 4.69) is 5.32 Å². The molecule has 0 atom stereocenters. The number of benzene rings is 3. The molecule has 0 unspecified atom stereocenters. The van der Waals surface area contributed by atoms with Crippen LogP contribution in [0.4, 0.5) is 11.4 Å². The van der Waals surface area contributed by atoms with Gasteiger partial charge in [-0.25, -0.2) is 8.42 Å². The van der Waals surface area contributed by atoms with Crippen LogP contribution in [0.1, 0.15) is 22.3 Å². The van der Waals surface area contributed by atoms with Gasteiger partial charge in [0.1, 0.15) is 0 Å². The van der Waals surface area contributed by atoms with Crippen LogP contribution in [-0.2, 0) is 16.4 Å². The van der Waals surface area contributed by atoms with Crippen molar-refractivity contribution in [2.75, 3.05) is 16.2 Å². The Bertz CT molecular complexity index is 1140. The summed E-state index contributed by atoms with van der Waals surface area (Å²) in [4.78, 5) is 12.6. The summed E-state index contributed by atoms with van der Waals surface area (Å²) in [6.45, 7) is 0.443. The molecule has 1 heterocycles. The SMILES string of the molecule is O=C(Nc1ccc(Cl)cc1)c1ccc(S(=O)(=O)N2CCCc3ccccc32)cc1. The summed E-state index contributed by atoms with van der Waals surface area (Å²) < 4.78 is 27.8. The summed E-state index contributed by atoms with van der Waals surface area (Å²) in [5.41, 5.74) is 2.74. The molecule has 5 nitrogen and oxygen atoms in total. The molecule has 4 rings (SSSR count). The predicted octanol–water partition coefficient (Wildman–Crippen LogP) is 4.73. The highest BCUT2D eigenvalue weighted by molar-refractivity contribution is 7.92. The number of fused-ring (bicyclic) bond motifs is 1. The van der Waals surface area contributed by atoms with Crippen molar-refractivity contribution >= 4 is 38.9 Å². The Morgan fingerprint density at radius 3 is 2.34 bits per heavy atom. The summed E-state index contributed by atoms with van der Waals surface area (Å²) in [7, 11) is -3.69. The summed E-state index contributed by atoms with van der Waals surface area (Å²) >= 11 is 5.85. The van der Waals surface area contributed by atoms with Crippen LogP contribution in [0.5, 0.6) is 0 Å². The lowest BCUT2D eigenvalue weighted by molar-refractivity contribution is 0.102. The van der Waals surface area contributed by atoms with Crippen molar-refractivity contribution in [3.05, 3.63) is 88.9 Å². The van der Waals surface area contributed by atoms with Gasteiger partial charge in [-0.1, -0.05) is 29.8 Å². The van der Waals surface area contributed by atoms with E-state index in [-0.39, 0.29) is 10.8 Å². The normalized spacial score (nSPS) is 13.6. The fraction of sp³-hybridized carbons (Fsp3) is 0.136. The first-order chi connectivity index (χ1) is 13.9. The molecule has 1 N–H and O–H groups in total. The predicted molar refractivity (Wildman–Crippen MR) is 115 cm³/mol. The number of hydrogen-bond donors (Lipinski definition) is 1. The largest absolute Gasteiger partial charge is 0.322 e. The second-order valence-corrected chi connectivity index (χ2v) is 9.09. The highest BCUT2D eigenvalue weighted by Crippen LogP contribution is 2.31. The maximum Gasteiger partial charge on any atom is 0.264 e. The Morgan fingerprint density at radius 2 is 1.62 bits per heavy atom. The minimum absolute atomic E-state index is 0.164. The van der Waals surface area contributed by atoms with Crippen LogP contribution in [0.15, 0.2) is 77.7 Å². The standard InChI is InChI=1S/C22H19ClN2O3S/c23-18-9-11-19(12-10-18)24-22(26)17-7-13-20(14-8-17)29(27,28)25-15-3-5-16-4-1-2-6-21(16)25/h1-2,4,6-14H,3,5,15H2,(H,24,26). The molecule has 1 aliphatic rings. The van der Waals surface area contributed by atoms with Gasteiger partial charge in [0.05, 0.1) is 10.6 Å². The molecule has 29 heavy (non-hydrogen) atoms. The van der Waals surface area contributed by atoms with E-state index >= 15 is 0 Å². The molecule has 0 radical (unpaired) electrons. The van der Waals surface area contributed by atoms with Crippen molar-refractivity contribution in [3.8, 4) is 0 Å². The minimum atomic E-state index is -3.69. The van der Waals surface area contributed by atoms with E-state index < -0.39 is 10.0 Å². The molecule has 0 aliphatic carbocycles. The number of para-hydroxylation sites is 1. The monoisotopic (exact) mass is 426 g/mol. The van der Waals surface area contributed by atoms with Crippen molar-refractivity contribution in [3.63, 3.8) is 0 Å². The molecule has 0 spiro atoms. The Balaban J connectivity index is 1.56. The smallest absolute Gasteiger partial charge is 0.264 e. The number of carbonyl (C=O) groups is 1. The fourth-order valence-electron chi connectivity index (χ4n) is 3.39. The Kier molecular flexibility index (Phi) is 5.30. The Hall–Kier alpha value is -2.83. The molecule has 7 heteroatoms. The highest BCUT2D eigenvalue weighted by atomic mass is 35.5. The third-order valence-corrected chi connectivity index (χ3v) is 6.95. The minimum Gasteiger partial charge on any atom is -0.322 e. The lowest BCUT2D eigenvalue weighted by atomic mass is 10.0.